The molecule has 48 valence electrons. The van der Waals surface area contributed by atoms with Crippen LogP contribution >= 0.6 is 7.82 Å². The van der Waals surface area contributed by atoms with Crippen LogP contribution in [0.4, 0.5) is 0 Å². The molecule has 0 saturated carbocycles. The predicted octanol–water partition coefficient (Wildman–Crippen LogP) is -4.48. The van der Waals surface area contributed by atoms with Crippen LogP contribution in [-0.2, 0) is 4.57 Å². The van der Waals surface area contributed by atoms with Gasteiger partial charge in [-0.15, -0.1) is 0 Å². The van der Waals surface area contributed by atoms with Gasteiger partial charge in [-0.25, -0.2) is 4.57 Å². The Morgan fingerprint density at radius 1 is 1.12 bits per heavy atom. The van der Waals surface area contributed by atoms with Crippen molar-refractivity contribution in [1.29, 1.82) is 0 Å². The summed E-state index contributed by atoms with van der Waals surface area (Å²) >= 11 is 0. The van der Waals surface area contributed by atoms with Crippen molar-refractivity contribution in [2.24, 2.45) is 0 Å². The maximum atomic E-state index is 8.88. The van der Waals surface area contributed by atoms with Gasteiger partial charge in [-0.3, -0.25) is 0 Å². The molecular weight excluding hydrogens is 170 g/mol. The molecule has 8 heavy (non-hydrogen) atoms. The zero-order chi connectivity index (χ0) is 4.50. The van der Waals surface area contributed by atoms with Gasteiger partial charge >= 0.3 is 45.6 Å². The summed E-state index contributed by atoms with van der Waals surface area (Å²) in [5, 5.41) is 0. The van der Waals surface area contributed by atoms with Crippen molar-refractivity contribution in [3.05, 3.63) is 0 Å². The van der Waals surface area contributed by atoms with E-state index in [1.807, 2.05) is 0 Å². The van der Waals surface area contributed by atoms with E-state index < -0.39 is 7.82 Å². The van der Waals surface area contributed by atoms with Crippen LogP contribution in [0.25, 0.3) is 0 Å². The van der Waals surface area contributed by atoms with Crippen LogP contribution in [0.15, 0.2) is 0 Å². The molecule has 5 nitrogen and oxygen atoms in total. The SMILES string of the molecule is O=P(O)(O)O.[Ca+2].[F-].[OH-]. The molecule has 0 saturated heterocycles. The quantitative estimate of drug-likeness (QED) is 0.253. The Morgan fingerprint density at radius 3 is 1.12 bits per heavy atom. The normalized spacial score (nSPS) is 7.38. The van der Waals surface area contributed by atoms with Gasteiger partial charge in [0.15, 0.2) is 0 Å². The van der Waals surface area contributed by atoms with Crippen molar-refractivity contribution in [2.75, 3.05) is 0 Å². The number of rotatable bonds is 0. The summed E-state index contributed by atoms with van der Waals surface area (Å²) in [6, 6.07) is 0. The Morgan fingerprint density at radius 2 is 1.12 bits per heavy atom. The number of hydrogen-bond acceptors (Lipinski definition) is 2. The molecule has 0 unspecified atom stereocenters. The van der Waals surface area contributed by atoms with Gasteiger partial charge in [-0.05, 0) is 0 Å². The largest absolute Gasteiger partial charge is 2.00 e. The predicted molar refractivity (Wildman–Crippen MR) is 22.0 cm³/mol. The Bertz CT molecular complexity index is 58.6. The molecule has 0 rings (SSSR count). The van der Waals surface area contributed by atoms with E-state index in [4.69, 9.17) is 19.2 Å². The molecule has 0 amide bonds. The number of hydrogen-bond donors (Lipinski definition) is 3. The standard InChI is InChI=1S/Ca.FH.H3O4P.H2O/c;;1-5(2,3)4;/h;1H;(H3,1,2,3,4);1H2/q+2;;;/p-2. The third kappa shape index (κ3) is 179. The van der Waals surface area contributed by atoms with Crippen LogP contribution < -0.4 is 4.70 Å². The van der Waals surface area contributed by atoms with E-state index >= 15 is 0 Å². The first-order chi connectivity index (χ1) is 2.00. The fourth-order valence-electron chi connectivity index (χ4n) is 0. The van der Waals surface area contributed by atoms with E-state index in [2.05, 4.69) is 0 Å². The third-order valence-electron chi connectivity index (χ3n) is 0. The summed E-state index contributed by atoms with van der Waals surface area (Å²) in [7, 11) is -4.64. The van der Waals surface area contributed by atoms with Crippen molar-refractivity contribution in [3.63, 3.8) is 0 Å². The molecule has 0 aromatic rings. The van der Waals surface area contributed by atoms with E-state index in [0.29, 0.717) is 0 Å². The summed E-state index contributed by atoms with van der Waals surface area (Å²) in [5.74, 6) is 0. The zero-order valence-corrected chi connectivity index (χ0v) is 6.83. The Labute approximate surface area is 74.6 Å². The average molecular weight is 174 g/mol. The number of halogens is 1. The molecule has 0 aromatic carbocycles. The molecule has 0 radical (unpaired) electrons. The Kier molecular flexibility index (Phi) is 23.6. The second-order valence-corrected chi connectivity index (χ2v) is 1.54. The van der Waals surface area contributed by atoms with E-state index in [9.17, 15) is 0 Å². The summed E-state index contributed by atoms with van der Waals surface area (Å²) in [4.78, 5) is 21.6. The van der Waals surface area contributed by atoms with Crippen molar-refractivity contribution < 1.29 is 29.4 Å². The van der Waals surface area contributed by atoms with Crippen molar-refractivity contribution in [2.45, 2.75) is 0 Å². The summed E-state index contributed by atoms with van der Waals surface area (Å²) in [6.45, 7) is 0. The van der Waals surface area contributed by atoms with E-state index in [0.717, 1.165) is 0 Å². The maximum absolute atomic E-state index is 8.88. The zero-order valence-electron chi connectivity index (χ0n) is 3.73. The first-order valence-corrected chi connectivity index (χ1v) is 2.35. The van der Waals surface area contributed by atoms with Gasteiger partial charge in [0.05, 0.1) is 0 Å². The topological polar surface area (TPSA) is 108 Å². The Balaban J connectivity index is -0.0000000267. The molecule has 0 atom stereocenters. The van der Waals surface area contributed by atoms with Gasteiger partial charge in [-0.1, -0.05) is 0 Å². The van der Waals surface area contributed by atoms with Gasteiger partial charge in [0.1, 0.15) is 0 Å². The molecule has 8 heteroatoms. The molecule has 0 aliphatic heterocycles. The molecule has 0 heterocycles. The first kappa shape index (κ1) is 22.8. The molecule has 4 N–H and O–H groups in total. The van der Waals surface area contributed by atoms with Crippen LogP contribution in [0.2, 0.25) is 0 Å². The molecule has 0 spiro atoms. The van der Waals surface area contributed by atoms with Gasteiger partial charge in [0.2, 0.25) is 0 Å². The second-order valence-electron chi connectivity index (χ2n) is 0.513. The molecular formula is H4CaFO5P. The van der Waals surface area contributed by atoms with E-state index in [-0.39, 0.29) is 47.9 Å². The summed E-state index contributed by atoms with van der Waals surface area (Å²) < 4.78 is 8.88. The molecule has 0 fully saturated rings. The third-order valence-corrected chi connectivity index (χ3v) is 0. The van der Waals surface area contributed by atoms with Crippen molar-refractivity contribution in [3.8, 4) is 0 Å². The van der Waals surface area contributed by atoms with Gasteiger partial charge in [0.25, 0.3) is 0 Å². The summed E-state index contributed by atoms with van der Waals surface area (Å²) in [6.07, 6.45) is 0. The fourth-order valence-corrected chi connectivity index (χ4v) is 0. The van der Waals surface area contributed by atoms with E-state index in [1.54, 1.807) is 0 Å². The van der Waals surface area contributed by atoms with Gasteiger partial charge in [0, 0.05) is 0 Å². The molecule has 0 aromatic heterocycles. The maximum Gasteiger partial charge on any atom is 2.00 e. The van der Waals surface area contributed by atoms with Crippen LogP contribution in [0.3, 0.4) is 0 Å². The van der Waals surface area contributed by atoms with Crippen LogP contribution in [0, 0.1) is 0 Å². The van der Waals surface area contributed by atoms with Gasteiger partial charge < -0.3 is 24.9 Å². The fraction of sp³-hybridized carbons (Fsp3) is 0. The van der Waals surface area contributed by atoms with Crippen molar-refractivity contribution >= 4 is 45.6 Å². The van der Waals surface area contributed by atoms with Crippen LogP contribution in [-0.4, -0.2) is 57.9 Å². The van der Waals surface area contributed by atoms with Crippen molar-refractivity contribution in [1.82, 2.24) is 0 Å². The second kappa shape index (κ2) is 8.26. The summed E-state index contributed by atoms with van der Waals surface area (Å²) in [5.41, 5.74) is 0. The van der Waals surface area contributed by atoms with E-state index in [1.165, 1.54) is 0 Å². The minimum atomic E-state index is -4.64. The van der Waals surface area contributed by atoms with Gasteiger partial charge in [-0.2, -0.15) is 0 Å². The minimum Gasteiger partial charge on any atom is -1.00 e. The number of phosphoric acid groups is 1. The Hall–Kier alpha value is 1.26. The molecule has 0 aliphatic carbocycles. The minimum absolute atomic E-state index is 0. The first-order valence-electron chi connectivity index (χ1n) is 0.783. The monoisotopic (exact) mass is 174 g/mol. The average Bonchev–Trinajstić information content (AvgIpc) is 0.722. The van der Waals surface area contributed by atoms with Crippen LogP contribution in [0.5, 0.6) is 0 Å². The smallest absolute Gasteiger partial charge is 1.00 e. The molecule has 0 aliphatic rings. The van der Waals surface area contributed by atoms with Crippen LogP contribution in [0.1, 0.15) is 0 Å². The molecule has 0 bridgehead atoms.